The second-order valence-corrected chi connectivity index (χ2v) is 6.78. The molecule has 0 aliphatic rings. The Morgan fingerprint density at radius 1 is 1.18 bits per heavy atom. The Kier molecular flexibility index (Phi) is 6.66. The number of rotatable bonds is 8. The third-order valence-corrected chi connectivity index (χ3v) is 4.54. The van der Waals surface area contributed by atoms with Gasteiger partial charge < -0.3 is 10.1 Å². The van der Waals surface area contributed by atoms with Gasteiger partial charge in [-0.15, -0.1) is 0 Å². The van der Waals surface area contributed by atoms with Crippen molar-refractivity contribution in [2.75, 3.05) is 6.54 Å². The fourth-order valence-corrected chi connectivity index (χ4v) is 2.75. The monoisotopic (exact) mass is 401 g/mol. The summed E-state index contributed by atoms with van der Waals surface area (Å²) < 4.78 is 20.3. The number of ether oxygens (including phenoxy) is 1. The zero-order valence-corrected chi connectivity index (χ0v) is 16.2. The van der Waals surface area contributed by atoms with Gasteiger partial charge in [0.25, 0.3) is 5.91 Å². The van der Waals surface area contributed by atoms with E-state index in [0.717, 1.165) is 17.7 Å². The molecular formula is C21H21ClFN3O2. The number of aryl methyl sites for hydroxylation is 2. The molecule has 0 saturated carbocycles. The number of aromatic nitrogens is 2. The molecular weight excluding hydrogens is 381 g/mol. The molecule has 0 fully saturated rings. The summed E-state index contributed by atoms with van der Waals surface area (Å²) in [6.45, 7) is 3.44. The predicted molar refractivity (Wildman–Crippen MR) is 106 cm³/mol. The minimum Gasteiger partial charge on any atom is -0.489 e. The zero-order valence-electron chi connectivity index (χ0n) is 15.5. The van der Waals surface area contributed by atoms with E-state index in [2.05, 4.69) is 10.4 Å². The van der Waals surface area contributed by atoms with Crippen LogP contribution in [0, 0.1) is 12.7 Å². The number of benzene rings is 2. The predicted octanol–water partition coefficient (Wildman–Crippen LogP) is 4.38. The van der Waals surface area contributed by atoms with E-state index in [0.29, 0.717) is 36.0 Å². The lowest BCUT2D eigenvalue weighted by atomic mass is 10.1. The fraction of sp³-hybridized carbons (Fsp3) is 0.238. The van der Waals surface area contributed by atoms with Gasteiger partial charge in [-0.1, -0.05) is 23.7 Å². The van der Waals surface area contributed by atoms with Crippen LogP contribution in [0.2, 0.25) is 5.02 Å². The highest BCUT2D eigenvalue weighted by atomic mass is 35.5. The van der Waals surface area contributed by atoms with E-state index in [9.17, 15) is 9.18 Å². The third-order valence-electron chi connectivity index (χ3n) is 4.17. The molecule has 0 unspecified atom stereocenters. The van der Waals surface area contributed by atoms with E-state index in [1.165, 1.54) is 12.1 Å². The SMILES string of the molecule is Cc1nn(CCCNC(=O)c2ccc(COc3ccc(F)cc3)cc2)cc1Cl. The Labute approximate surface area is 168 Å². The molecule has 28 heavy (non-hydrogen) atoms. The molecule has 1 heterocycles. The molecule has 0 radical (unpaired) electrons. The molecule has 1 amide bonds. The number of hydrogen-bond donors (Lipinski definition) is 1. The molecule has 146 valence electrons. The number of carbonyl (C=O) groups is 1. The van der Waals surface area contributed by atoms with E-state index >= 15 is 0 Å². The van der Waals surface area contributed by atoms with Crippen molar-refractivity contribution in [2.24, 2.45) is 0 Å². The van der Waals surface area contributed by atoms with Crippen molar-refractivity contribution in [1.82, 2.24) is 15.1 Å². The van der Waals surface area contributed by atoms with Crippen molar-refractivity contribution in [3.05, 3.63) is 82.4 Å². The number of amides is 1. The van der Waals surface area contributed by atoms with Crippen LogP contribution in [0.25, 0.3) is 0 Å². The molecule has 3 aromatic rings. The van der Waals surface area contributed by atoms with Gasteiger partial charge >= 0.3 is 0 Å². The molecule has 1 aromatic heterocycles. The second-order valence-electron chi connectivity index (χ2n) is 6.37. The maximum absolute atomic E-state index is 12.9. The van der Waals surface area contributed by atoms with Gasteiger partial charge in [0, 0.05) is 24.8 Å². The lowest BCUT2D eigenvalue weighted by Gasteiger charge is -2.08. The molecule has 0 atom stereocenters. The first-order valence-electron chi connectivity index (χ1n) is 8.96. The van der Waals surface area contributed by atoms with E-state index in [1.54, 1.807) is 35.1 Å². The Morgan fingerprint density at radius 3 is 2.54 bits per heavy atom. The Morgan fingerprint density at radius 2 is 1.89 bits per heavy atom. The van der Waals surface area contributed by atoms with Crippen molar-refractivity contribution < 1.29 is 13.9 Å². The quantitative estimate of drug-likeness (QED) is 0.570. The van der Waals surface area contributed by atoms with E-state index < -0.39 is 0 Å². The lowest BCUT2D eigenvalue weighted by Crippen LogP contribution is -2.25. The largest absolute Gasteiger partial charge is 0.489 e. The average molecular weight is 402 g/mol. The Balaban J connectivity index is 1.42. The number of carbonyl (C=O) groups excluding carboxylic acids is 1. The van der Waals surface area contributed by atoms with E-state index in [1.807, 2.05) is 19.1 Å². The van der Waals surface area contributed by atoms with Gasteiger partial charge in [0.05, 0.1) is 10.7 Å². The summed E-state index contributed by atoms with van der Waals surface area (Å²) in [5, 5.41) is 7.82. The second kappa shape index (κ2) is 9.37. The molecule has 7 heteroatoms. The fourth-order valence-electron chi connectivity index (χ4n) is 2.60. The van der Waals surface area contributed by atoms with Crippen LogP contribution in [0.1, 0.15) is 28.0 Å². The summed E-state index contributed by atoms with van der Waals surface area (Å²) in [4.78, 5) is 12.2. The first kappa shape index (κ1) is 19.9. The summed E-state index contributed by atoms with van der Waals surface area (Å²) in [7, 11) is 0. The van der Waals surface area contributed by atoms with Crippen LogP contribution in [-0.4, -0.2) is 22.2 Å². The molecule has 0 saturated heterocycles. The minimum atomic E-state index is -0.300. The molecule has 0 aliphatic heterocycles. The van der Waals surface area contributed by atoms with Crippen LogP contribution >= 0.6 is 11.6 Å². The number of nitrogens with one attached hydrogen (secondary N) is 1. The maximum atomic E-state index is 12.9. The highest BCUT2D eigenvalue weighted by Crippen LogP contribution is 2.14. The van der Waals surface area contributed by atoms with Gasteiger partial charge in [-0.05, 0) is 55.3 Å². The molecule has 3 rings (SSSR count). The summed E-state index contributed by atoms with van der Waals surface area (Å²) >= 11 is 5.97. The number of halogens is 2. The minimum absolute atomic E-state index is 0.124. The van der Waals surface area contributed by atoms with Gasteiger partial charge in [0.15, 0.2) is 0 Å². The zero-order chi connectivity index (χ0) is 19.9. The number of nitrogens with zero attached hydrogens (tertiary/aromatic N) is 2. The molecule has 0 aliphatic carbocycles. The molecule has 5 nitrogen and oxygen atoms in total. The van der Waals surface area contributed by atoms with E-state index in [4.69, 9.17) is 16.3 Å². The lowest BCUT2D eigenvalue weighted by molar-refractivity contribution is 0.0952. The highest BCUT2D eigenvalue weighted by molar-refractivity contribution is 6.31. The topological polar surface area (TPSA) is 56.2 Å². The van der Waals surface area contributed by atoms with E-state index in [-0.39, 0.29) is 11.7 Å². The van der Waals surface area contributed by atoms with Gasteiger partial charge in [-0.2, -0.15) is 5.10 Å². The Hall–Kier alpha value is -2.86. The first-order valence-corrected chi connectivity index (χ1v) is 9.34. The third kappa shape index (κ3) is 5.57. The summed E-state index contributed by atoms with van der Waals surface area (Å²) in [6.07, 6.45) is 2.54. The van der Waals surface area contributed by atoms with Crippen LogP contribution < -0.4 is 10.1 Å². The molecule has 1 N–H and O–H groups in total. The normalized spacial score (nSPS) is 10.7. The van der Waals surface area contributed by atoms with Crippen molar-refractivity contribution in [3.8, 4) is 5.75 Å². The first-order chi connectivity index (χ1) is 13.5. The summed E-state index contributed by atoms with van der Waals surface area (Å²) in [5.41, 5.74) is 2.31. The van der Waals surface area contributed by atoms with Crippen LogP contribution in [-0.2, 0) is 13.2 Å². The van der Waals surface area contributed by atoms with Gasteiger partial charge in [-0.3, -0.25) is 9.48 Å². The summed E-state index contributed by atoms with van der Waals surface area (Å²) in [5.74, 6) is 0.170. The summed E-state index contributed by atoms with van der Waals surface area (Å²) in [6, 6.07) is 13.1. The van der Waals surface area contributed by atoms with Crippen molar-refractivity contribution >= 4 is 17.5 Å². The van der Waals surface area contributed by atoms with Crippen molar-refractivity contribution in [3.63, 3.8) is 0 Å². The maximum Gasteiger partial charge on any atom is 0.251 e. The average Bonchev–Trinajstić information content (AvgIpc) is 3.02. The molecule has 0 spiro atoms. The standard InChI is InChI=1S/C21H21ClFN3O2/c1-15-20(22)13-26(25-15)12-2-11-24-21(27)17-5-3-16(4-6-17)14-28-19-9-7-18(23)8-10-19/h3-10,13H,2,11-12,14H2,1H3,(H,24,27). The van der Waals surface area contributed by atoms with Crippen molar-refractivity contribution in [1.29, 1.82) is 0 Å². The van der Waals surface area contributed by atoms with Crippen LogP contribution in [0.4, 0.5) is 4.39 Å². The van der Waals surface area contributed by atoms with Gasteiger partial charge in [-0.25, -0.2) is 4.39 Å². The van der Waals surface area contributed by atoms with Gasteiger partial charge in [0.1, 0.15) is 18.2 Å². The van der Waals surface area contributed by atoms with Crippen molar-refractivity contribution in [2.45, 2.75) is 26.5 Å². The molecule has 0 bridgehead atoms. The van der Waals surface area contributed by atoms with Crippen LogP contribution in [0.5, 0.6) is 5.75 Å². The van der Waals surface area contributed by atoms with Crippen LogP contribution in [0.15, 0.2) is 54.7 Å². The van der Waals surface area contributed by atoms with Crippen LogP contribution in [0.3, 0.4) is 0 Å². The molecule has 2 aromatic carbocycles. The number of hydrogen-bond acceptors (Lipinski definition) is 3. The Bertz CT molecular complexity index is 904. The highest BCUT2D eigenvalue weighted by Gasteiger charge is 2.06. The smallest absolute Gasteiger partial charge is 0.251 e. The van der Waals surface area contributed by atoms with Gasteiger partial charge in [0.2, 0.25) is 0 Å².